The van der Waals surface area contributed by atoms with Crippen LogP contribution in [0.2, 0.25) is 0 Å². The molecule has 0 fully saturated rings. The van der Waals surface area contributed by atoms with Gasteiger partial charge in [0.25, 0.3) is 0 Å². The third kappa shape index (κ3) is 70.6. The maximum Gasteiger partial charge on any atom is 2.00 e. The first-order chi connectivity index (χ1) is 36.9. The van der Waals surface area contributed by atoms with Crippen LogP contribution in [0.1, 0.15) is 219 Å². The second-order valence-corrected chi connectivity index (χ2v) is 18.5. The van der Waals surface area contributed by atoms with Crippen molar-refractivity contribution in [2.75, 3.05) is 0 Å². The number of unbranched alkanes of at least 4 members (excludes halogenated alkanes) is 28. The van der Waals surface area contributed by atoms with Crippen molar-refractivity contribution in [3.8, 4) is 0 Å². The average molecular weight is 1210 g/mol. The van der Waals surface area contributed by atoms with E-state index < -0.39 is 121 Å². The quantitative estimate of drug-likeness (QED) is 0.0172. The number of hydrogen-bond donors (Lipinski definition) is 14. The molecule has 0 aromatic heterocycles. The summed E-state index contributed by atoms with van der Waals surface area (Å²) in [5.41, 5.74) is -8.22. The van der Waals surface area contributed by atoms with Crippen LogP contribution in [0.3, 0.4) is 0 Å². The molecular formula is C54H90Mg3O25. The molecule has 0 amide bonds. The fourth-order valence-electron chi connectivity index (χ4n) is 6.55. The Balaban J connectivity index is -0.000000140. The van der Waals surface area contributed by atoms with E-state index in [1.54, 1.807) is 0 Å². The first-order valence-electron chi connectivity index (χ1n) is 26.4. The van der Waals surface area contributed by atoms with Crippen molar-refractivity contribution in [2.45, 2.75) is 236 Å². The van der Waals surface area contributed by atoms with Crippen LogP contribution in [0.15, 0.2) is 0 Å². The van der Waals surface area contributed by atoms with E-state index >= 15 is 0 Å². The smallest absolute Gasteiger partial charge is 0.481 e. The Morgan fingerprint density at radius 2 is 0.451 bits per heavy atom. The van der Waals surface area contributed by atoms with E-state index in [1.807, 2.05) is 0 Å². The minimum Gasteiger partial charge on any atom is -0.481 e. The number of hydrogen-bond acceptors (Lipinski definition) is 14. The molecule has 0 rings (SSSR count). The van der Waals surface area contributed by atoms with E-state index in [0.29, 0.717) is 12.8 Å². The molecular weight excluding hydrogens is 1120 g/mol. The summed E-state index contributed by atoms with van der Waals surface area (Å²) in [5, 5.41) is 118. The normalized spacial score (nSPS) is 10.5. The van der Waals surface area contributed by atoms with Gasteiger partial charge in [-0.15, -0.1) is 0 Å². The van der Waals surface area contributed by atoms with E-state index in [1.165, 1.54) is 103 Å². The van der Waals surface area contributed by atoms with Gasteiger partial charge in [-0.2, -0.15) is 25.7 Å². The molecule has 82 heavy (non-hydrogen) atoms. The Labute approximate surface area is 530 Å². The first-order valence-corrected chi connectivity index (χ1v) is 26.4. The van der Waals surface area contributed by atoms with Crippen LogP contribution in [0, 0.1) is 38.5 Å². The molecule has 0 unspecified atom stereocenters. The van der Waals surface area contributed by atoms with Crippen LogP contribution >= 0.6 is 0 Å². The summed E-state index contributed by atoms with van der Waals surface area (Å²) in [7, 11) is 0. The Kier molecular flexibility index (Phi) is 71.5. The van der Waals surface area contributed by atoms with E-state index in [2.05, 4.69) is 52.4 Å². The van der Waals surface area contributed by atoms with E-state index in [4.69, 9.17) is 71.5 Å². The minimum absolute atomic E-state index is 0. The molecule has 14 N–H and O–H groups in total. The van der Waals surface area contributed by atoms with Gasteiger partial charge < -0.3 is 136 Å². The summed E-state index contributed by atoms with van der Waals surface area (Å²) in [6.45, 7) is 4.49. The summed E-state index contributed by atoms with van der Waals surface area (Å²) in [5.74, 6) is -16.4. The van der Waals surface area contributed by atoms with Gasteiger partial charge in [0.15, 0.2) is 16.8 Å². The largest absolute Gasteiger partial charge is 2.00 e. The first kappa shape index (κ1) is 94.7. The molecule has 0 aliphatic rings. The molecule has 0 bridgehead atoms. The average Bonchev–Trinajstić information content (AvgIpc) is 3.30. The predicted octanol–water partition coefficient (Wildman–Crippen LogP) is 6.66. The summed E-state index contributed by atoms with van der Waals surface area (Å²) in [6, 6.07) is 0. The minimum atomic E-state index is -2.74. The number of carboxylic acids is 11. The van der Waals surface area contributed by atoms with Gasteiger partial charge in [0.1, 0.15) is 0 Å². The molecule has 28 heteroatoms. The summed E-state index contributed by atoms with van der Waals surface area (Å²) in [4.78, 5) is 112. The standard InChI is InChI=1S/2C18H33O2.3C6H8O7.3Mg/c2*1-2-3-4-5-6-7-8-9-10-11-12-13-14-15-16-17-18(19)20;3*7-3(8)1-6(13,5(11)12)2-4(9)10;;;/h2*6,8,10H,2-5,7,9,11-17H2,1H3,(H,19,20);3*13H,1-2H2,(H,7,8)(H,9,10)(H,11,12);;;/q2*-3;;;;3*+2. The van der Waals surface area contributed by atoms with Crippen LogP contribution < -0.4 is 0 Å². The van der Waals surface area contributed by atoms with Crippen LogP contribution in [-0.4, -0.2) is 223 Å². The maximum absolute atomic E-state index is 10.3. The zero-order valence-corrected chi connectivity index (χ0v) is 52.2. The Bertz CT molecular complexity index is 1520. The summed E-state index contributed by atoms with van der Waals surface area (Å²) in [6.07, 6.45) is 36.7. The van der Waals surface area contributed by atoms with Crippen LogP contribution in [0.4, 0.5) is 0 Å². The van der Waals surface area contributed by atoms with Crippen LogP contribution in [0.25, 0.3) is 0 Å². The molecule has 0 heterocycles. The van der Waals surface area contributed by atoms with Gasteiger partial charge in [0.05, 0.1) is 38.5 Å². The molecule has 0 aliphatic carbocycles. The number of aliphatic hydroxyl groups is 3. The van der Waals surface area contributed by atoms with Gasteiger partial charge in [-0.05, 0) is 12.8 Å². The summed E-state index contributed by atoms with van der Waals surface area (Å²) >= 11 is 0. The monoisotopic (exact) mass is 1210 g/mol. The predicted molar refractivity (Wildman–Crippen MR) is 301 cm³/mol. The molecule has 462 valence electrons. The molecule has 0 saturated carbocycles. The fourth-order valence-corrected chi connectivity index (χ4v) is 6.55. The van der Waals surface area contributed by atoms with Gasteiger partial charge in [0, 0.05) is 12.8 Å². The Hall–Kier alpha value is -3.65. The van der Waals surface area contributed by atoms with E-state index in [-0.39, 0.29) is 69.2 Å². The van der Waals surface area contributed by atoms with Gasteiger partial charge in [-0.25, -0.2) is 14.4 Å². The van der Waals surface area contributed by atoms with Gasteiger partial charge in [-0.3, -0.25) is 38.4 Å². The number of carbonyl (C=O) groups is 11. The van der Waals surface area contributed by atoms with E-state index in [0.717, 1.165) is 51.4 Å². The third-order valence-electron chi connectivity index (χ3n) is 10.8. The van der Waals surface area contributed by atoms with Crippen molar-refractivity contribution in [3.63, 3.8) is 0 Å². The zero-order chi connectivity index (χ0) is 61.7. The molecule has 0 saturated heterocycles. The third-order valence-corrected chi connectivity index (χ3v) is 10.8. The number of aliphatic carboxylic acids is 11. The molecule has 0 aliphatic heterocycles. The van der Waals surface area contributed by atoms with Gasteiger partial charge >= 0.3 is 135 Å². The maximum atomic E-state index is 10.3. The molecule has 0 aromatic rings. The molecule has 0 aromatic carbocycles. The summed E-state index contributed by atoms with van der Waals surface area (Å²) < 4.78 is 0. The number of carboxylic acid groups (broad SMARTS) is 11. The van der Waals surface area contributed by atoms with Crippen molar-refractivity contribution in [2.24, 2.45) is 0 Å². The Morgan fingerprint density at radius 3 is 0.622 bits per heavy atom. The van der Waals surface area contributed by atoms with Crippen LogP contribution in [-0.2, 0) is 52.7 Å². The second-order valence-electron chi connectivity index (χ2n) is 18.5. The fraction of sp³-hybridized carbons (Fsp3) is 0.685. The van der Waals surface area contributed by atoms with Crippen molar-refractivity contribution in [3.05, 3.63) is 38.5 Å². The SMILES string of the molecule is CCCCC[CH-]C[CH-]C[CH-]CCCCCCCC(=O)O.CCCCC[CH-]C[CH-]C[CH-]CCCCCCCC(=O)O.O=C(O)CC(O)(CC(=O)O)C(=O)O.O=C(O)CC(O)(CC(=O)O)C(=O)O.O=C(O)CC(O)(CC(=O)O)C(=O)O.[Mg+2].[Mg+2].[Mg+2]. The van der Waals surface area contributed by atoms with E-state index in [9.17, 15) is 52.7 Å². The van der Waals surface area contributed by atoms with Crippen molar-refractivity contribution >= 4 is 135 Å². The van der Waals surface area contributed by atoms with Crippen molar-refractivity contribution in [1.29, 1.82) is 0 Å². The molecule has 25 nitrogen and oxygen atoms in total. The molecule has 0 spiro atoms. The number of rotatable bonds is 47. The van der Waals surface area contributed by atoms with Crippen molar-refractivity contribution in [1.82, 2.24) is 0 Å². The van der Waals surface area contributed by atoms with Crippen LogP contribution in [0.5, 0.6) is 0 Å². The second kappa shape index (κ2) is 61.9. The molecule has 0 radical (unpaired) electrons. The Morgan fingerprint density at radius 1 is 0.268 bits per heavy atom. The topological polar surface area (TPSA) is 471 Å². The van der Waals surface area contributed by atoms with Gasteiger partial charge in [0.2, 0.25) is 0 Å². The van der Waals surface area contributed by atoms with Crippen molar-refractivity contribution < 1.29 is 124 Å². The molecule has 0 atom stereocenters. The zero-order valence-electron chi connectivity index (χ0n) is 48.0. The van der Waals surface area contributed by atoms with Gasteiger partial charge in [-0.1, -0.05) is 104 Å².